The summed E-state index contributed by atoms with van der Waals surface area (Å²) in [6, 6.07) is 4.23. The number of carbonyl (C=O) groups is 2. The quantitative estimate of drug-likeness (QED) is 0.689. The number of ether oxygens (including phenoxy) is 1. The summed E-state index contributed by atoms with van der Waals surface area (Å²) in [7, 11) is -3.72. The van der Waals surface area contributed by atoms with E-state index < -0.39 is 28.5 Å². The number of benzene rings is 1. The van der Waals surface area contributed by atoms with Crippen LogP contribution in [0, 0.1) is 6.92 Å². The molecular weight excluding hydrogens is 368 g/mol. The Morgan fingerprint density at radius 1 is 1.19 bits per heavy atom. The van der Waals surface area contributed by atoms with Crippen molar-refractivity contribution in [1.29, 1.82) is 0 Å². The number of nitrogens with one attached hydrogen (secondary N) is 2. The van der Waals surface area contributed by atoms with Gasteiger partial charge in [-0.15, -0.1) is 0 Å². The van der Waals surface area contributed by atoms with Gasteiger partial charge in [0.2, 0.25) is 10.0 Å². The van der Waals surface area contributed by atoms with Gasteiger partial charge in [-0.1, -0.05) is 25.3 Å². The smallest absolute Gasteiger partial charge is 0.338 e. The lowest BCUT2D eigenvalue weighted by Gasteiger charge is -2.22. The SMILES string of the molecule is Cc1ccc(S(=O)(=O)NC2CCCCC2)cc1C(=O)OCC(=O)NC(C)C. The molecule has 0 aliphatic heterocycles. The molecule has 0 saturated heterocycles. The van der Waals surface area contributed by atoms with Crippen LogP contribution in [0.1, 0.15) is 61.9 Å². The van der Waals surface area contributed by atoms with Gasteiger partial charge in [0.25, 0.3) is 5.91 Å². The molecule has 1 aromatic rings. The minimum absolute atomic E-state index is 0.0252. The van der Waals surface area contributed by atoms with Gasteiger partial charge in [-0.25, -0.2) is 17.9 Å². The molecule has 27 heavy (non-hydrogen) atoms. The fraction of sp³-hybridized carbons (Fsp3) is 0.579. The van der Waals surface area contributed by atoms with Crippen molar-refractivity contribution in [3.63, 3.8) is 0 Å². The lowest BCUT2D eigenvalue weighted by Crippen LogP contribution is -2.36. The van der Waals surface area contributed by atoms with E-state index in [0.717, 1.165) is 32.1 Å². The van der Waals surface area contributed by atoms with Crippen LogP contribution in [-0.2, 0) is 19.6 Å². The molecule has 1 aliphatic rings. The molecule has 0 heterocycles. The summed E-state index contributed by atoms with van der Waals surface area (Å²) in [4.78, 5) is 24.0. The Morgan fingerprint density at radius 2 is 1.85 bits per heavy atom. The number of hydrogen-bond acceptors (Lipinski definition) is 5. The maximum atomic E-state index is 12.6. The van der Waals surface area contributed by atoms with E-state index in [4.69, 9.17) is 4.74 Å². The molecule has 1 aromatic carbocycles. The molecule has 1 fully saturated rings. The standard InChI is InChI=1S/C19H28N2O5S/c1-13(2)20-18(22)12-26-19(23)17-11-16(10-9-14(17)3)27(24,25)21-15-7-5-4-6-8-15/h9-11,13,15,21H,4-8,12H2,1-3H3,(H,20,22). The molecule has 8 heteroatoms. The number of rotatable bonds is 7. The zero-order valence-corrected chi connectivity index (χ0v) is 16.9. The van der Waals surface area contributed by atoms with Gasteiger partial charge in [0, 0.05) is 12.1 Å². The monoisotopic (exact) mass is 396 g/mol. The van der Waals surface area contributed by atoms with Gasteiger partial charge >= 0.3 is 5.97 Å². The molecule has 7 nitrogen and oxygen atoms in total. The third-order valence-electron chi connectivity index (χ3n) is 4.45. The van der Waals surface area contributed by atoms with Crippen LogP contribution < -0.4 is 10.0 Å². The zero-order chi connectivity index (χ0) is 20.0. The maximum absolute atomic E-state index is 12.6. The first-order valence-electron chi connectivity index (χ1n) is 9.28. The molecule has 0 bridgehead atoms. The molecule has 1 aliphatic carbocycles. The van der Waals surface area contributed by atoms with Crippen LogP contribution in [0.3, 0.4) is 0 Å². The van der Waals surface area contributed by atoms with Crippen LogP contribution in [0.5, 0.6) is 0 Å². The van der Waals surface area contributed by atoms with Gasteiger partial charge in [-0.2, -0.15) is 0 Å². The molecule has 2 N–H and O–H groups in total. The molecule has 0 aromatic heterocycles. The predicted octanol–water partition coefficient (Wildman–Crippen LogP) is 2.29. The summed E-state index contributed by atoms with van der Waals surface area (Å²) >= 11 is 0. The number of sulfonamides is 1. The Bertz CT molecular complexity index is 783. The van der Waals surface area contributed by atoms with Crippen molar-refractivity contribution in [3.8, 4) is 0 Å². The molecule has 1 saturated carbocycles. The Morgan fingerprint density at radius 3 is 2.48 bits per heavy atom. The molecule has 0 atom stereocenters. The highest BCUT2D eigenvalue weighted by Gasteiger charge is 2.24. The molecule has 1 amide bonds. The fourth-order valence-corrected chi connectivity index (χ4v) is 4.40. The van der Waals surface area contributed by atoms with Crippen LogP contribution in [0.4, 0.5) is 0 Å². The average Bonchev–Trinajstić information content (AvgIpc) is 2.59. The zero-order valence-electron chi connectivity index (χ0n) is 16.1. The summed E-state index contributed by atoms with van der Waals surface area (Å²) < 4.78 is 33.0. The Labute approximate surface area is 160 Å². The van der Waals surface area contributed by atoms with Gasteiger partial charge in [-0.05, 0) is 51.3 Å². The van der Waals surface area contributed by atoms with Crippen molar-refractivity contribution in [1.82, 2.24) is 10.0 Å². The predicted molar refractivity (Wildman–Crippen MR) is 102 cm³/mol. The topological polar surface area (TPSA) is 102 Å². The number of amides is 1. The van der Waals surface area contributed by atoms with Gasteiger partial charge < -0.3 is 10.1 Å². The average molecular weight is 397 g/mol. The molecule has 0 spiro atoms. The Kier molecular flexibility index (Phi) is 7.38. The van der Waals surface area contributed by atoms with Gasteiger partial charge in [-0.3, -0.25) is 4.79 Å². The minimum atomic E-state index is -3.72. The lowest BCUT2D eigenvalue weighted by atomic mass is 9.96. The number of esters is 1. The van der Waals surface area contributed by atoms with E-state index in [2.05, 4.69) is 10.0 Å². The number of aryl methyl sites for hydroxylation is 1. The van der Waals surface area contributed by atoms with Crippen LogP contribution in [-0.4, -0.2) is 39.0 Å². The Balaban J connectivity index is 2.10. The molecule has 150 valence electrons. The van der Waals surface area contributed by atoms with E-state index in [9.17, 15) is 18.0 Å². The number of hydrogen-bond donors (Lipinski definition) is 2. The first-order valence-corrected chi connectivity index (χ1v) is 10.8. The van der Waals surface area contributed by atoms with E-state index in [0.29, 0.717) is 5.56 Å². The highest BCUT2D eigenvalue weighted by molar-refractivity contribution is 7.89. The van der Waals surface area contributed by atoms with Crippen molar-refractivity contribution in [2.24, 2.45) is 0 Å². The van der Waals surface area contributed by atoms with Gasteiger partial charge in [0.1, 0.15) is 0 Å². The Hall–Kier alpha value is -1.93. The van der Waals surface area contributed by atoms with Crippen LogP contribution >= 0.6 is 0 Å². The van der Waals surface area contributed by atoms with E-state index in [1.165, 1.54) is 12.1 Å². The number of carbonyl (C=O) groups excluding carboxylic acids is 2. The first kappa shape index (κ1) is 21.4. The van der Waals surface area contributed by atoms with E-state index in [-0.39, 0.29) is 22.5 Å². The second-order valence-corrected chi connectivity index (χ2v) is 8.95. The third-order valence-corrected chi connectivity index (χ3v) is 5.97. The largest absolute Gasteiger partial charge is 0.452 e. The van der Waals surface area contributed by atoms with E-state index in [1.54, 1.807) is 26.8 Å². The van der Waals surface area contributed by atoms with E-state index in [1.807, 2.05) is 0 Å². The van der Waals surface area contributed by atoms with Crippen molar-refractivity contribution < 1.29 is 22.7 Å². The minimum Gasteiger partial charge on any atom is -0.452 e. The van der Waals surface area contributed by atoms with Gasteiger partial charge in [0.05, 0.1) is 10.5 Å². The van der Waals surface area contributed by atoms with Crippen molar-refractivity contribution >= 4 is 21.9 Å². The molecule has 0 radical (unpaired) electrons. The van der Waals surface area contributed by atoms with Crippen molar-refractivity contribution in [2.45, 2.75) is 69.9 Å². The van der Waals surface area contributed by atoms with Gasteiger partial charge in [0.15, 0.2) is 6.61 Å². The maximum Gasteiger partial charge on any atom is 0.338 e. The summed E-state index contributed by atoms with van der Waals surface area (Å²) in [5.41, 5.74) is 0.722. The fourth-order valence-electron chi connectivity index (χ4n) is 3.07. The lowest BCUT2D eigenvalue weighted by molar-refractivity contribution is -0.124. The summed E-state index contributed by atoms with van der Waals surface area (Å²) in [6.07, 6.45) is 4.80. The third kappa shape index (κ3) is 6.32. The van der Waals surface area contributed by atoms with Crippen LogP contribution in [0.25, 0.3) is 0 Å². The summed E-state index contributed by atoms with van der Waals surface area (Å²) in [6.45, 7) is 4.89. The van der Waals surface area contributed by atoms with E-state index >= 15 is 0 Å². The van der Waals surface area contributed by atoms with Crippen molar-refractivity contribution in [2.75, 3.05) is 6.61 Å². The van der Waals surface area contributed by atoms with Crippen LogP contribution in [0.15, 0.2) is 23.1 Å². The summed E-state index contributed by atoms with van der Waals surface area (Å²) in [5, 5.41) is 2.62. The first-order chi connectivity index (χ1) is 12.7. The molecule has 2 rings (SSSR count). The van der Waals surface area contributed by atoms with Crippen LogP contribution in [0.2, 0.25) is 0 Å². The summed E-state index contributed by atoms with van der Waals surface area (Å²) in [5.74, 6) is -1.13. The molecular formula is C19H28N2O5S. The second kappa shape index (κ2) is 9.32. The highest BCUT2D eigenvalue weighted by Crippen LogP contribution is 2.21. The molecule has 0 unspecified atom stereocenters. The van der Waals surface area contributed by atoms with Crippen molar-refractivity contribution in [3.05, 3.63) is 29.3 Å². The normalized spacial score (nSPS) is 15.6. The highest BCUT2D eigenvalue weighted by atomic mass is 32.2. The second-order valence-electron chi connectivity index (χ2n) is 7.23.